The van der Waals surface area contributed by atoms with Crippen molar-refractivity contribution in [3.63, 3.8) is 0 Å². The van der Waals surface area contributed by atoms with Crippen molar-refractivity contribution < 1.29 is 0 Å². The number of likely N-dealkylation sites (N-methyl/N-ethyl adjacent to an activating group) is 2. The number of nitrogens with zero attached hydrogens (tertiary/aromatic N) is 2. The van der Waals surface area contributed by atoms with Gasteiger partial charge in [-0.15, -0.1) is 0 Å². The van der Waals surface area contributed by atoms with Crippen LogP contribution in [0.5, 0.6) is 0 Å². The van der Waals surface area contributed by atoms with Gasteiger partial charge in [-0.1, -0.05) is 33.6 Å². The molecular formula is C15H29N3. The lowest BCUT2D eigenvalue weighted by Crippen LogP contribution is -2.53. The molecule has 1 atom stereocenters. The standard InChI is InChI=1S/C15H29N3/c1-5-13(6-2)10-18(7-3)12-15(11-16,17-4)14-8-9-14/h13-14,17H,5-10,12H2,1-4H3. The Morgan fingerprint density at radius 3 is 2.28 bits per heavy atom. The van der Waals surface area contributed by atoms with Gasteiger partial charge in [-0.3, -0.25) is 0 Å². The van der Waals surface area contributed by atoms with Gasteiger partial charge >= 0.3 is 0 Å². The van der Waals surface area contributed by atoms with E-state index in [0.29, 0.717) is 5.92 Å². The molecule has 1 fully saturated rings. The zero-order valence-electron chi connectivity index (χ0n) is 12.5. The van der Waals surface area contributed by atoms with Gasteiger partial charge in [0, 0.05) is 13.1 Å². The van der Waals surface area contributed by atoms with E-state index in [9.17, 15) is 5.26 Å². The van der Waals surface area contributed by atoms with E-state index in [1.165, 1.54) is 25.7 Å². The summed E-state index contributed by atoms with van der Waals surface area (Å²) in [6, 6.07) is 2.55. The van der Waals surface area contributed by atoms with Gasteiger partial charge in [-0.2, -0.15) is 5.26 Å². The molecule has 1 saturated carbocycles. The Hall–Kier alpha value is -0.590. The first-order valence-corrected chi connectivity index (χ1v) is 7.48. The number of rotatable bonds is 9. The molecule has 1 unspecified atom stereocenters. The molecule has 104 valence electrons. The lowest BCUT2D eigenvalue weighted by Gasteiger charge is -2.34. The maximum absolute atomic E-state index is 9.54. The molecule has 0 radical (unpaired) electrons. The van der Waals surface area contributed by atoms with Gasteiger partial charge in [0.1, 0.15) is 5.54 Å². The highest BCUT2D eigenvalue weighted by Gasteiger charge is 2.45. The minimum Gasteiger partial charge on any atom is -0.301 e. The lowest BCUT2D eigenvalue weighted by molar-refractivity contribution is 0.179. The largest absolute Gasteiger partial charge is 0.301 e. The molecule has 0 aromatic carbocycles. The zero-order valence-corrected chi connectivity index (χ0v) is 12.5. The van der Waals surface area contributed by atoms with Crippen LogP contribution in [-0.2, 0) is 0 Å². The second-order valence-corrected chi connectivity index (χ2v) is 5.62. The lowest BCUT2D eigenvalue weighted by atomic mass is 9.93. The van der Waals surface area contributed by atoms with Gasteiger partial charge in [-0.05, 0) is 38.3 Å². The molecule has 3 heteroatoms. The van der Waals surface area contributed by atoms with E-state index < -0.39 is 0 Å². The van der Waals surface area contributed by atoms with Crippen LogP contribution in [0.4, 0.5) is 0 Å². The Kier molecular flexibility index (Phi) is 6.11. The molecule has 0 saturated heterocycles. The highest BCUT2D eigenvalue weighted by molar-refractivity contribution is 5.16. The predicted molar refractivity (Wildman–Crippen MR) is 76.3 cm³/mol. The summed E-state index contributed by atoms with van der Waals surface area (Å²) in [5.41, 5.74) is -0.317. The first-order valence-electron chi connectivity index (χ1n) is 7.48. The van der Waals surface area contributed by atoms with E-state index in [1.54, 1.807) is 0 Å². The summed E-state index contributed by atoms with van der Waals surface area (Å²) in [4.78, 5) is 2.45. The topological polar surface area (TPSA) is 39.1 Å². The third-order valence-electron chi connectivity index (χ3n) is 4.51. The SMILES string of the molecule is CCC(CC)CN(CC)CC(C#N)(NC)C1CC1. The second-order valence-electron chi connectivity index (χ2n) is 5.62. The molecule has 0 aromatic rings. The molecular weight excluding hydrogens is 222 g/mol. The normalized spacial score (nSPS) is 18.9. The second kappa shape index (κ2) is 7.11. The van der Waals surface area contributed by atoms with Crippen molar-refractivity contribution in [1.82, 2.24) is 10.2 Å². The van der Waals surface area contributed by atoms with E-state index in [1.807, 2.05) is 7.05 Å². The van der Waals surface area contributed by atoms with Gasteiger partial charge in [0.05, 0.1) is 6.07 Å². The predicted octanol–water partition coefficient (Wildman–Crippen LogP) is 2.64. The minimum absolute atomic E-state index is 0.317. The summed E-state index contributed by atoms with van der Waals surface area (Å²) in [5, 5.41) is 12.8. The first-order chi connectivity index (χ1) is 8.65. The van der Waals surface area contributed by atoms with Gasteiger partial charge in [-0.25, -0.2) is 0 Å². The van der Waals surface area contributed by atoms with E-state index in [-0.39, 0.29) is 5.54 Å². The average Bonchev–Trinajstić information content (AvgIpc) is 3.25. The number of nitriles is 1. The van der Waals surface area contributed by atoms with E-state index in [2.05, 4.69) is 37.1 Å². The van der Waals surface area contributed by atoms with Gasteiger partial charge in [0.25, 0.3) is 0 Å². The van der Waals surface area contributed by atoms with Gasteiger partial charge < -0.3 is 10.2 Å². The maximum Gasteiger partial charge on any atom is 0.122 e. The Balaban J connectivity index is 2.62. The molecule has 18 heavy (non-hydrogen) atoms. The third-order valence-corrected chi connectivity index (χ3v) is 4.51. The smallest absolute Gasteiger partial charge is 0.122 e. The fourth-order valence-electron chi connectivity index (χ4n) is 2.74. The molecule has 0 aliphatic heterocycles. The highest BCUT2D eigenvalue weighted by atomic mass is 15.2. The van der Waals surface area contributed by atoms with Crippen molar-refractivity contribution >= 4 is 0 Å². The molecule has 1 rings (SSSR count). The maximum atomic E-state index is 9.54. The Morgan fingerprint density at radius 2 is 1.94 bits per heavy atom. The summed E-state index contributed by atoms with van der Waals surface area (Å²) in [6.07, 6.45) is 4.87. The summed E-state index contributed by atoms with van der Waals surface area (Å²) >= 11 is 0. The first kappa shape index (κ1) is 15.5. The Labute approximate surface area is 113 Å². The van der Waals surface area contributed by atoms with Crippen molar-refractivity contribution in [3.8, 4) is 6.07 Å². The molecule has 1 N–H and O–H groups in total. The molecule has 0 spiro atoms. The number of hydrogen-bond donors (Lipinski definition) is 1. The van der Waals surface area contributed by atoms with Gasteiger partial charge in [0.2, 0.25) is 0 Å². The van der Waals surface area contributed by atoms with Crippen LogP contribution in [0.2, 0.25) is 0 Å². The average molecular weight is 251 g/mol. The van der Waals surface area contributed by atoms with Crippen molar-refractivity contribution in [2.45, 2.75) is 52.0 Å². The van der Waals surface area contributed by atoms with Crippen molar-refractivity contribution in [2.24, 2.45) is 11.8 Å². The molecule has 1 aliphatic rings. The molecule has 1 aliphatic carbocycles. The zero-order chi connectivity index (χ0) is 13.6. The van der Waals surface area contributed by atoms with Crippen LogP contribution >= 0.6 is 0 Å². The van der Waals surface area contributed by atoms with Gasteiger partial charge in [0.15, 0.2) is 0 Å². The molecule has 0 amide bonds. The summed E-state index contributed by atoms with van der Waals surface area (Å²) in [5.74, 6) is 1.32. The van der Waals surface area contributed by atoms with E-state index in [0.717, 1.165) is 25.6 Å². The quantitative estimate of drug-likeness (QED) is 0.685. The van der Waals surface area contributed by atoms with Crippen molar-refractivity contribution in [3.05, 3.63) is 0 Å². The fraction of sp³-hybridized carbons (Fsp3) is 0.933. The van der Waals surface area contributed by atoms with Crippen LogP contribution in [0, 0.1) is 23.2 Å². The summed E-state index contributed by atoms with van der Waals surface area (Å²) < 4.78 is 0. The number of hydrogen-bond acceptors (Lipinski definition) is 3. The van der Waals surface area contributed by atoms with Crippen LogP contribution < -0.4 is 5.32 Å². The van der Waals surface area contributed by atoms with Crippen LogP contribution in [0.15, 0.2) is 0 Å². The van der Waals surface area contributed by atoms with Crippen LogP contribution in [0.25, 0.3) is 0 Å². The number of nitrogens with one attached hydrogen (secondary N) is 1. The third kappa shape index (κ3) is 3.70. The Morgan fingerprint density at radius 1 is 1.33 bits per heavy atom. The minimum atomic E-state index is -0.317. The molecule has 0 aromatic heterocycles. The van der Waals surface area contributed by atoms with Crippen LogP contribution in [-0.4, -0.2) is 37.1 Å². The van der Waals surface area contributed by atoms with E-state index in [4.69, 9.17) is 0 Å². The van der Waals surface area contributed by atoms with E-state index >= 15 is 0 Å². The van der Waals surface area contributed by atoms with Crippen LogP contribution in [0.1, 0.15) is 46.5 Å². The summed E-state index contributed by atoms with van der Waals surface area (Å²) in [6.45, 7) is 9.76. The fourth-order valence-corrected chi connectivity index (χ4v) is 2.74. The molecule has 0 heterocycles. The summed E-state index contributed by atoms with van der Waals surface area (Å²) in [7, 11) is 1.94. The van der Waals surface area contributed by atoms with Crippen molar-refractivity contribution in [2.75, 3.05) is 26.7 Å². The molecule has 3 nitrogen and oxygen atoms in total. The molecule has 0 bridgehead atoms. The Bertz CT molecular complexity index is 276. The highest BCUT2D eigenvalue weighted by Crippen LogP contribution is 2.39. The monoisotopic (exact) mass is 251 g/mol. The van der Waals surface area contributed by atoms with Crippen LogP contribution in [0.3, 0.4) is 0 Å². The van der Waals surface area contributed by atoms with Crippen molar-refractivity contribution in [1.29, 1.82) is 5.26 Å².